The van der Waals surface area contributed by atoms with Crippen molar-refractivity contribution in [1.82, 2.24) is 0 Å². The maximum atomic E-state index is 13.4. The van der Waals surface area contributed by atoms with Crippen molar-refractivity contribution >= 4 is 11.4 Å². The number of nitrogens with zero attached hydrogens (tertiary/aromatic N) is 1. The molecule has 0 saturated heterocycles. The molecule has 0 aliphatic carbocycles. The number of rotatable bonds is 6. The van der Waals surface area contributed by atoms with Crippen LogP contribution in [0.5, 0.6) is 0 Å². The summed E-state index contributed by atoms with van der Waals surface area (Å²) in [6.07, 6.45) is 3.03. The molecule has 0 aromatic heterocycles. The van der Waals surface area contributed by atoms with Gasteiger partial charge in [-0.25, -0.2) is 4.39 Å². The van der Waals surface area contributed by atoms with Gasteiger partial charge in [0.1, 0.15) is 5.82 Å². The predicted octanol–water partition coefficient (Wildman–Crippen LogP) is 3.72. The Morgan fingerprint density at radius 1 is 1.53 bits per heavy atom. The summed E-state index contributed by atoms with van der Waals surface area (Å²) in [5, 5.41) is 13.5. The van der Waals surface area contributed by atoms with E-state index in [0.29, 0.717) is 0 Å². The maximum Gasteiger partial charge on any atom is 0.271 e. The third kappa shape index (κ3) is 4.01. The fraction of sp³-hybridized carbons (Fsp3) is 0.500. The highest BCUT2D eigenvalue weighted by atomic mass is 19.1. The summed E-state index contributed by atoms with van der Waals surface area (Å²) in [5.74, 6) is -0.459. The first kappa shape index (κ1) is 13.4. The van der Waals surface area contributed by atoms with Gasteiger partial charge in [0.25, 0.3) is 5.69 Å². The van der Waals surface area contributed by atoms with E-state index in [2.05, 4.69) is 12.2 Å². The van der Waals surface area contributed by atoms with Gasteiger partial charge in [0, 0.05) is 18.2 Å². The fourth-order valence-corrected chi connectivity index (χ4v) is 1.59. The van der Waals surface area contributed by atoms with E-state index in [9.17, 15) is 14.5 Å². The van der Waals surface area contributed by atoms with Crippen LogP contribution in [0.15, 0.2) is 18.2 Å². The van der Waals surface area contributed by atoms with Crippen molar-refractivity contribution in [2.75, 3.05) is 5.32 Å². The first-order valence-corrected chi connectivity index (χ1v) is 5.75. The van der Waals surface area contributed by atoms with Crippen molar-refractivity contribution in [2.24, 2.45) is 0 Å². The molecule has 0 radical (unpaired) electrons. The molecule has 17 heavy (non-hydrogen) atoms. The Morgan fingerprint density at radius 2 is 2.24 bits per heavy atom. The van der Waals surface area contributed by atoms with E-state index in [4.69, 9.17) is 0 Å². The highest BCUT2D eigenvalue weighted by molar-refractivity contribution is 5.52. The Morgan fingerprint density at radius 3 is 2.82 bits per heavy atom. The number of unbranched alkanes of at least 4 members (excludes halogenated alkanes) is 1. The number of anilines is 1. The molecule has 0 aliphatic heterocycles. The highest BCUT2D eigenvalue weighted by Gasteiger charge is 2.12. The van der Waals surface area contributed by atoms with Crippen molar-refractivity contribution in [3.05, 3.63) is 34.1 Å². The lowest BCUT2D eigenvalue weighted by Gasteiger charge is -2.15. The molecule has 94 valence electrons. The molecule has 0 spiro atoms. The Kier molecular flexibility index (Phi) is 4.87. The standard InChI is InChI=1S/C12H17FN2O2/c1-3-4-5-9(2)14-12-8-10(15(16)17)6-7-11(12)13/h6-9,14H,3-5H2,1-2H3. The lowest BCUT2D eigenvalue weighted by atomic mass is 10.1. The second-order valence-electron chi connectivity index (χ2n) is 4.11. The third-order valence-electron chi connectivity index (χ3n) is 2.55. The zero-order chi connectivity index (χ0) is 12.8. The number of hydrogen-bond acceptors (Lipinski definition) is 3. The van der Waals surface area contributed by atoms with Crippen molar-refractivity contribution < 1.29 is 9.31 Å². The molecule has 1 N–H and O–H groups in total. The summed E-state index contributed by atoms with van der Waals surface area (Å²) < 4.78 is 13.4. The summed E-state index contributed by atoms with van der Waals surface area (Å²) in [6.45, 7) is 4.02. The molecular formula is C12H17FN2O2. The van der Waals surface area contributed by atoms with E-state index in [1.807, 2.05) is 6.92 Å². The van der Waals surface area contributed by atoms with Crippen LogP contribution in [0.1, 0.15) is 33.1 Å². The van der Waals surface area contributed by atoms with Crippen molar-refractivity contribution in [2.45, 2.75) is 39.2 Å². The van der Waals surface area contributed by atoms with Crippen molar-refractivity contribution in [3.63, 3.8) is 0 Å². The van der Waals surface area contributed by atoms with Crippen molar-refractivity contribution in [3.8, 4) is 0 Å². The van der Waals surface area contributed by atoms with Crippen LogP contribution in [-0.2, 0) is 0 Å². The van der Waals surface area contributed by atoms with Crippen LogP contribution in [-0.4, -0.2) is 11.0 Å². The topological polar surface area (TPSA) is 55.2 Å². The van der Waals surface area contributed by atoms with Crippen LogP contribution < -0.4 is 5.32 Å². The van der Waals surface area contributed by atoms with Crippen LogP contribution >= 0.6 is 0 Å². The molecule has 0 heterocycles. The van der Waals surface area contributed by atoms with Gasteiger partial charge < -0.3 is 5.32 Å². The third-order valence-corrected chi connectivity index (χ3v) is 2.55. The first-order chi connectivity index (χ1) is 8.04. The van der Waals surface area contributed by atoms with Gasteiger partial charge in [-0.15, -0.1) is 0 Å². The Bertz CT molecular complexity index is 396. The van der Waals surface area contributed by atoms with Crippen LogP contribution in [0, 0.1) is 15.9 Å². The molecule has 1 unspecified atom stereocenters. The van der Waals surface area contributed by atoms with Gasteiger partial charge in [-0.1, -0.05) is 19.8 Å². The van der Waals surface area contributed by atoms with Crippen LogP contribution in [0.3, 0.4) is 0 Å². The molecule has 1 atom stereocenters. The minimum atomic E-state index is -0.526. The second-order valence-corrected chi connectivity index (χ2v) is 4.11. The average Bonchev–Trinajstić information content (AvgIpc) is 2.29. The number of non-ortho nitro benzene ring substituents is 1. The fourth-order valence-electron chi connectivity index (χ4n) is 1.59. The quantitative estimate of drug-likeness (QED) is 0.609. The Balaban J connectivity index is 2.75. The van der Waals surface area contributed by atoms with Gasteiger partial charge in [0.05, 0.1) is 10.6 Å². The van der Waals surface area contributed by atoms with Gasteiger partial charge in [0.15, 0.2) is 0 Å². The Hall–Kier alpha value is -1.65. The summed E-state index contributed by atoms with van der Waals surface area (Å²) in [5.41, 5.74) is 0.0967. The number of nitrogens with one attached hydrogen (secondary N) is 1. The lowest BCUT2D eigenvalue weighted by Crippen LogP contribution is -2.15. The second kappa shape index (κ2) is 6.18. The maximum absolute atomic E-state index is 13.4. The van der Waals surface area contributed by atoms with E-state index in [1.165, 1.54) is 6.07 Å². The molecule has 0 aliphatic rings. The highest BCUT2D eigenvalue weighted by Crippen LogP contribution is 2.22. The van der Waals surface area contributed by atoms with Crippen LogP contribution in [0.2, 0.25) is 0 Å². The number of benzene rings is 1. The average molecular weight is 240 g/mol. The number of nitro benzene ring substituents is 1. The molecule has 0 fully saturated rings. The summed E-state index contributed by atoms with van der Waals surface area (Å²) in [6, 6.07) is 3.62. The predicted molar refractivity (Wildman–Crippen MR) is 65.7 cm³/mol. The van der Waals surface area contributed by atoms with E-state index in [-0.39, 0.29) is 17.4 Å². The molecule has 4 nitrogen and oxygen atoms in total. The normalized spacial score (nSPS) is 12.2. The minimum Gasteiger partial charge on any atom is -0.380 e. The molecular weight excluding hydrogens is 223 g/mol. The zero-order valence-corrected chi connectivity index (χ0v) is 10.1. The summed E-state index contributed by atoms with van der Waals surface area (Å²) in [4.78, 5) is 10.1. The van der Waals surface area contributed by atoms with E-state index in [1.54, 1.807) is 0 Å². The molecule has 0 saturated carbocycles. The number of nitro groups is 1. The summed E-state index contributed by atoms with van der Waals surface area (Å²) >= 11 is 0. The van der Waals surface area contributed by atoms with Gasteiger partial charge in [0.2, 0.25) is 0 Å². The Labute approximate surface area is 100.0 Å². The monoisotopic (exact) mass is 240 g/mol. The zero-order valence-electron chi connectivity index (χ0n) is 10.1. The molecule has 5 heteroatoms. The minimum absolute atomic E-state index is 0.100. The van der Waals surface area contributed by atoms with E-state index >= 15 is 0 Å². The molecule has 0 bridgehead atoms. The van der Waals surface area contributed by atoms with Gasteiger partial charge in [-0.3, -0.25) is 10.1 Å². The van der Waals surface area contributed by atoms with Gasteiger partial charge >= 0.3 is 0 Å². The number of hydrogen-bond donors (Lipinski definition) is 1. The van der Waals surface area contributed by atoms with E-state index < -0.39 is 10.7 Å². The molecule has 1 rings (SSSR count). The lowest BCUT2D eigenvalue weighted by molar-refractivity contribution is -0.384. The smallest absolute Gasteiger partial charge is 0.271 e. The largest absolute Gasteiger partial charge is 0.380 e. The SMILES string of the molecule is CCCCC(C)Nc1cc([N+](=O)[O-])ccc1F. The molecule has 0 amide bonds. The van der Waals surface area contributed by atoms with Gasteiger partial charge in [-0.2, -0.15) is 0 Å². The van der Waals surface area contributed by atoms with E-state index in [0.717, 1.165) is 31.4 Å². The first-order valence-electron chi connectivity index (χ1n) is 5.75. The van der Waals surface area contributed by atoms with Crippen LogP contribution in [0.4, 0.5) is 15.8 Å². The van der Waals surface area contributed by atoms with Crippen LogP contribution in [0.25, 0.3) is 0 Å². The van der Waals surface area contributed by atoms with Gasteiger partial charge in [-0.05, 0) is 19.4 Å². The molecule has 1 aromatic rings. The number of halogens is 1. The summed E-state index contributed by atoms with van der Waals surface area (Å²) in [7, 11) is 0. The van der Waals surface area contributed by atoms with Crippen molar-refractivity contribution in [1.29, 1.82) is 0 Å². The molecule has 1 aromatic carbocycles.